The van der Waals surface area contributed by atoms with Crippen molar-refractivity contribution in [3.63, 3.8) is 0 Å². The van der Waals surface area contributed by atoms with E-state index < -0.39 is 13.0 Å². The zero-order valence-electron chi connectivity index (χ0n) is 17.9. The highest BCUT2D eigenvalue weighted by Gasteiger charge is 2.33. The van der Waals surface area contributed by atoms with Gasteiger partial charge in [-0.15, -0.1) is 0 Å². The summed E-state index contributed by atoms with van der Waals surface area (Å²) in [4.78, 5) is 0. The maximum atomic E-state index is 14.2. The standard InChI is InChI=1S/C25H29O5P/c1-29-22-17-21(18-23(30-2)24(22)26)25(27)31(28,15-13-19-9-5-3-6-10-19)16-14-20-11-7-4-8-12-20/h3-12,17-18,25-27H,13-16H2,1-2H3. The van der Waals surface area contributed by atoms with E-state index >= 15 is 0 Å². The second-order valence-electron chi connectivity index (χ2n) is 7.52. The number of phenolic OH excluding ortho intramolecular Hbond substituents is 1. The molecule has 0 saturated heterocycles. The Morgan fingerprint density at radius 3 is 1.61 bits per heavy atom. The van der Waals surface area contributed by atoms with E-state index in [2.05, 4.69) is 0 Å². The largest absolute Gasteiger partial charge is 0.502 e. The average molecular weight is 440 g/mol. The Balaban J connectivity index is 1.91. The normalized spacial score (nSPS) is 12.4. The highest BCUT2D eigenvalue weighted by molar-refractivity contribution is 7.64. The Bertz CT molecular complexity index is 948. The summed E-state index contributed by atoms with van der Waals surface area (Å²) in [5, 5.41) is 21.5. The van der Waals surface area contributed by atoms with Crippen LogP contribution in [0.15, 0.2) is 72.8 Å². The summed E-state index contributed by atoms with van der Waals surface area (Å²) in [5.41, 5.74) is 2.57. The third-order valence-corrected chi connectivity index (χ3v) is 8.64. The molecule has 0 fully saturated rings. The second-order valence-corrected chi connectivity index (χ2v) is 10.8. The number of benzene rings is 3. The number of hydrogen-bond acceptors (Lipinski definition) is 5. The van der Waals surface area contributed by atoms with Gasteiger partial charge in [0.05, 0.1) is 14.2 Å². The quantitative estimate of drug-likeness (QED) is 0.421. The molecule has 0 bridgehead atoms. The molecule has 0 aliphatic carbocycles. The van der Waals surface area contributed by atoms with Gasteiger partial charge in [-0.05, 0) is 41.7 Å². The summed E-state index contributed by atoms with van der Waals surface area (Å²) in [6, 6.07) is 22.8. The van der Waals surface area contributed by atoms with Crippen LogP contribution in [0.2, 0.25) is 0 Å². The first kappa shape index (κ1) is 22.9. The van der Waals surface area contributed by atoms with E-state index in [1.54, 1.807) is 0 Å². The van der Waals surface area contributed by atoms with E-state index in [-0.39, 0.29) is 17.2 Å². The van der Waals surface area contributed by atoms with Crippen LogP contribution in [0.3, 0.4) is 0 Å². The minimum absolute atomic E-state index is 0.149. The molecule has 164 valence electrons. The molecule has 0 aliphatic heterocycles. The number of hydrogen-bond donors (Lipinski definition) is 2. The molecule has 0 radical (unpaired) electrons. The Hall–Kier alpha value is -2.75. The van der Waals surface area contributed by atoms with Crippen LogP contribution in [0, 0.1) is 0 Å². The zero-order chi connectivity index (χ0) is 22.3. The lowest BCUT2D eigenvalue weighted by atomic mass is 10.2. The number of rotatable bonds is 10. The summed E-state index contributed by atoms with van der Waals surface area (Å²) in [6.07, 6.45) is 1.96. The monoisotopic (exact) mass is 440 g/mol. The van der Waals surface area contributed by atoms with Gasteiger partial charge in [0, 0.05) is 12.3 Å². The first-order chi connectivity index (χ1) is 15.0. The first-order valence-corrected chi connectivity index (χ1v) is 12.4. The van der Waals surface area contributed by atoms with Gasteiger partial charge < -0.3 is 24.3 Å². The second kappa shape index (κ2) is 10.5. The van der Waals surface area contributed by atoms with Crippen molar-refractivity contribution in [1.29, 1.82) is 0 Å². The van der Waals surface area contributed by atoms with Gasteiger partial charge in [0.2, 0.25) is 5.75 Å². The van der Waals surface area contributed by atoms with Crippen LogP contribution in [0.25, 0.3) is 0 Å². The van der Waals surface area contributed by atoms with Crippen LogP contribution in [0.1, 0.15) is 22.5 Å². The van der Waals surface area contributed by atoms with Gasteiger partial charge in [-0.1, -0.05) is 60.7 Å². The number of phenols is 1. The smallest absolute Gasteiger partial charge is 0.200 e. The maximum Gasteiger partial charge on any atom is 0.200 e. The molecule has 0 heterocycles. The van der Waals surface area contributed by atoms with Crippen molar-refractivity contribution in [3.05, 3.63) is 89.5 Å². The number of aliphatic hydroxyl groups excluding tert-OH is 1. The zero-order valence-corrected chi connectivity index (χ0v) is 18.8. The highest BCUT2D eigenvalue weighted by atomic mass is 31.2. The molecule has 6 heteroatoms. The highest BCUT2D eigenvalue weighted by Crippen LogP contribution is 2.59. The summed E-state index contributed by atoms with van der Waals surface area (Å²) in [6.45, 7) is 0. The van der Waals surface area contributed by atoms with Crippen LogP contribution in [-0.4, -0.2) is 36.8 Å². The molecular formula is C25H29O5P. The van der Waals surface area contributed by atoms with Crippen molar-refractivity contribution >= 4 is 7.14 Å². The van der Waals surface area contributed by atoms with Crippen LogP contribution < -0.4 is 9.47 Å². The molecule has 1 atom stereocenters. The average Bonchev–Trinajstić information content (AvgIpc) is 2.82. The van der Waals surface area contributed by atoms with Crippen LogP contribution in [0.5, 0.6) is 17.2 Å². The van der Waals surface area contributed by atoms with Gasteiger partial charge in [0.25, 0.3) is 0 Å². The molecule has 0 spiro atoms. The van der Waals surface area contributed by atoms with Gasteiger partial charge in [0.1, 0.15) is 13.0 Å². The first-order valence-electron chi connectivity index (χ1n) is 10.3. The van der Waals surface area contributed by atoms with Crippen molar-refractivity contribution in [1.82, 2.24) is 0 Å². The Morgan fingerprint density at radius 1 is 0.806 bits per heavy atom. The van der Waals surface area contributed by atoms with E-state index in [0.717, 1.165) is 11.1 Å². The minimum atomic E-state index is -3.08. The molecule has 0 amide bonds. The molecule has 0 saturated carbocycles. The van der Waals surface area contributed by atoms with Crippen LogP contribution >= 0.6 is 7.14 Å². The summed E-state index contributed by atoms with van der Waals surface area (Å²) in [5.74, 6) is -0.996. The lowest BCUT2D eigenvalue weighted by Crippen LogP contribution is -2.10. The van der Waals surface area contributed by atoms with Gasteiger partial charge in [-0.2, -0.15) is 0 Å². The maximum absolute atomic E-state index is 14.2. The topological polar surface area (TPSA) is 76.0 Å². The van der Waals surface area contributed by atoms with Gasteiger partial charge in [-0.3, -0.25) is 0 Å². The van der Waals surface area contributed by atoms with Crippen LogP contribution in [-0.2, 0) is 17.4 Å². The lowest BCUT2D eigenvalue weighted by Gasteiger charge is -2.25. The molecule has 3 rings (SSSR count). The van der Waals surface area contributed by atoms with E-state index in [4.69, 9.17) is 9.47 Å². The lowest BCUT2D eigenvalue weighted by molar-refractivity contribution is 0.250. The number of ether oxygens (including phenoxy) is 2. The van der Waals surface area contributed by atoms with Crippen molar-refractivity contribution < 1.29 is 24.3 Å². The van der Waals surface area contributed by atoms with Crippen molar-refractivity contribution in [3.8, 4) is 17.2 Å². The number of aromatic hydroxyl groups is 1. The van der Waals surface area contributed by atoms with Crippen LogP contribution in [0.4, 0.5) is 0 Å². The molecule has 0 aromatic heterocycles. The van der Waals surface area contributed by atoms with Crippen molar-refractivity contribution in [2.75, 3.05) is 26.5 Å². The molecule has 3 aromatic rings. The van der Waals surface area contributed by atoms with Crippen molar-refractivity contribution in [2.24, 2.45) is 0 Å². The molecule has 31 heavy (non-hydrogen) atoms. The number of methoxy groups -OCH3 is 2. The molecule has 0 aliphatic rings. The van der Waals surface area contributed by atoms with Gasteiger partial charge >= 0.3 is 0 Å². The SMILES string of the molecule is COc1cc(C(O)P(=O)(CCc2ccccc2)CCc2ccccc2)cc(OC)c1O. The molecule has 3 aromatic carbocycles. The minimum Gasteiger partial charge on any atom is -0.502 e. The fraction of sp³-hybridized carbons (Fsp3) is 0.280. The van der Waals surface area contributed by atoms with Gasteiger partial charge in [-0.25, -0.2) is 0 Å². The van der Waals surface area contributed by atoms with Crippen molar-refractivity contribution in [2.45, 2.75) is 18.7 Å². The van der Waals surface area contributed by atoms with E-state index in [1.165, 1.54) is 26.4 Å². The third kappa shape index (κ3) is 5.69. The third-order valence-electron chi connectivity index (χ3n) is 5.49. The van der Waals surface area contributed by atoms with Gasteiger partial charge in [0.15, 0.2) is 11.5 Å². The van der Waals surface area contributed by atoms with E-state index in [1.807, 2.05) is 60.7 Å². The van der Waals surface area contributed by atoms with E-state index in [9.17, 15) is 14.8 Å². The molecule has 1 unspecified atom stereocenters. The summed E-state index contributed by atoms with van der Waals surface area (Å²) >= 11 is 0. The predicted octanol–water partition coefficient (Wildman–Crippen LogP) is 5.25. The van der Waals surface area contributed by atoms with E-state index in [0.29, 0.717) is 30.7 Å². The summed E-state index contributed by atoms with van der Waals surface area (Å²) in [7, 11) is -0.225. The number of aryl methyl sites for hydroxylation is 2. The fourth-order valence-electron chi connectivity index (χ4n) is 3.62. The molecule has 5 nitrogen and oxygen atoms in total. The fourth-order valence-corrected chi connectivity index (χ4v) is 6.30. The molecular weight excluding hydrogens is 411 g/mol. The molecule has 2 N–H and O–H groups in total. The Labute approximate surface area is 183 Å². The Morgan fingerprint density at radius 2 is 1.23 bits per heavy atom. The number of aliphatic hydroxyl groups is 1. The summed E-state index contributed by atoms with van der Waals surface area (Å²) < 4.78 is 24.6. The predicted molar refractivity (Wildman–Crippen MR) is 124 cm³/mol. The Kier molecular flexibility index (Phi) is 7.78.